The van der Waals surface area contributed by atoms with Crippen molar-refractivity contribution in [3.8, 4) is 0 Å². The van der Waals surface area contributed by atoms with Gasteiger partial charge in [0.1, 0.15) is 0 Å². The average Bonchev–Trinajstić information content (AvgIpc) is 2.74. The number of urea groups is 1. The van der Waals surface area contributed by atoms with E-state index in [9.17, 15) is 9.59 Å². The summed E-state index contributed by atoms with van der Waals surface area (Å²) in [6, 6.07) is 17.3. The first kappa shape index (κ1) is 21.4. The molecule has 0 fully saturated rings. The molecule has 2 aromatic carbocycles. The summed E-state index contributed by atoms with van der Waals surface area (Å²) in [6.45, 7) is 6.72. The van der Waals surface area contributed by atoms with Crippen LogP contribution < -0.4 is 15.5 Å². The number of carbonyl (C=O) groups excluding carboxylic acids is 2. The number of anilines is 1. The van der Waals surface area contributed by atoms with E-state index in [1.165, 1.54) is 5.56 Å². The number of ether oxygens (including phenoxy) is 1. The standard InChI is InChI=1S/C24H29N3O3/c1-5-30-23(28)20-21(16(2)3)25-24(29)26-22(20)18-11-13-19(14-12-18)27(4)15-17-9-7-6-8-10-17/h6-14,16,22H,5,15H2,1-4H3,(H2,25,26,29). The maximum Gasteiger partial charge on any atom is 0.338 e. The Hall–Kier alpha value is -3.28. The van der Waals surface area contributed by atoms with Crippen LogP contribution in [0.3, 0.4) is 0 Å². The number of esters is 1. The van der Waals surface area contributed by atoms with Gasteiger partial charge in [-0.05, 0) is 36.1 Å². The molecule has 1 aliphatic rings. The minimum Gasteiger partial charge on any atom is -0.463 e. The summed E-state index contributed by atoms with van der Waals surface area (Å²) in [5.74, 6) is -0.432. The molecule has 0 saturated heterocycles. The lowest BCUT2D eigenvalue weighted by Crippen LogP contribution is -2.47. The Balaban J connectivity index is 1.88. The lowest BCUT2D eigenvalue weighted by molar-refractivity contribution is -0.139. The molecular weight excluding hydrogens is 378 g/mol. The second kappa shape index (κ2) is 9.48. The summed E-state index contributed by atoms with van der Waals surface area (Å²) in [5, 5.41) is 5.66. The molecule has 6 heteroatoms. The van der Waals surface area contributed by atoms with Gasteiger partial charge in [0.2, 0.25) is 0 Å². The van der Waals surface area contributed by atoms with Crippen LogP contribution in [0.5, 0.6) is 0 Å². The Morgan fingerprint density at radius 1 is 1.10 bits per heavy atom. The fourth-order valence-corrected chi connectivity index (χ4v) is 3.60. The van der Waals surface area contributed by atoms with Crippen molar-refractivity contribution in [1.82, 2.24) is 10.6 Å². The zero-order valence-electron chi connectivity index (χ0n) is 17.9. The number of carbonyl (C=O) groups is 2. The third-order valence-corrected chi connectivity index (χ3v) is 5.10. The molecule has 0 spiro atoms. The maximum atomic E-state index is 12.7. The van der Waals surface area contributed by atoms with E-state index in [1.54, 1.807) is 6.92 Å². The van der Waals surface area contributed by atoms with E-state index < -0.39 is 12.0 Å². The molecule has 6 nitrogen and oxygen atoms in total. The molecule has 0 saturated carbocycles. The van der Waals surface area contributed by atoms with Crippen molar-refractivity contribution in [2.24, 2.45) is 5.92 Å². The van der Waals surface area contributed by atoms with Gasteiger partial charge in [0.25, 0.3) is 0 Å². The van der Waals surface area contributed by atoms with E-state index in [1.807, 2.05) is 63.4 Å². The largest absolute Gasteiger partial charge is 0.463 e. The van der Waals surface area contributed by atoms with Crippen LogP contribution in [0.1, 0.15) is 37.9 Å². The molecule has 0 bridgehead atoms. The van der Waals surface area contributed by atoms with Crippen LogP contribution in [0.25, 0.3) is 0 Å². The average molecular weight is 408 g/mol. The molecule has 1 unspecified atom stereocenters. The van der Waals surface area contributed by atoms with Crippen LogP contribution in [-0.4, -0.2) is 25.7 Å². The van der Waals surface area contributed by atoms with Gasteiger partial charge >= 0.3 is 12.0 Å². The Morgan fingerprint density at radius 3 is 2.37 bits per heavy atom. The monoisotopic (exact) mass is 407 g/mol. The van der Waals surface area contributed by atoms with Crippen molar-refractivity contribution in [3.63, 3.8) is 0 Å². The lowest BCUT2D eigenvalue weighted by atomic mass is 9.91. The van der Waals surface area contributed by atoms with E-state index in [0.29, 0.717) is 11.3 Å². The van der Waals surface area contributed by atoms with Crippen molar-refractivity contribution in [3.05, 3.63) is 77.0 Å². The van der Waals surface area contributed by atoms with Gasteiger partial charge < -0.3 is 20.3 Å². The number of nitrogens with one attached hydrogen (secondary N) is 2. The maximum absolute atomic E-state index is 12.7. The first-order valence-corrected chi connectivity index (χ1v) is 10.2. The van der Waals surface area contributed by atoms with Crippen LogP contribution in [0.4, 0.5) is 10.5 Å². The quantitative estimate of drug-likeness (QED) is 0.677. The fourth-order valence-electron chi connectivity index (χ4n) is 3.60. The van der Waals surface area contributed by atoms with Gasteiger partial charge in [0.05, 0.1) is 18.2 Å². The first-order valence-electron chi connectivity index (χ1n) is 10.2. The van der Waals surface area contributed by atoms with Crippen molar-refractivity contribution in [2.75, 3.05) is 18.6 Å². The van der Waals surface area contributed by atoms with Crippen molar-refractivity contribution >= 4 is 17.7 Å². The molecule has 158 valence electrons. The topological polar surface area (TPSA) is 70.7 Å². The third kappa shape index (κ3) is 4.82. The molecule has 0 aromatic heterocycles. The van der Waals surface area contributed by atoms with E-state index >= 15 is 0 Å². The number of hydrogen-bond donors (Lipinski definition) is 2. The smallest absolute Gasteiger partial charge is 0.338 e. The van der Waals surface area contributed by atoms with E-state index in [0.717, 1.165) is 17.8 Å². The van der Waals surface area contributed by atoms with Gasteiger partial charge in [-0.2, -0.15) is 0 Å². The molecule has 1 heterocycles. The highest BCUT2D eigenvalue weighted by Crippen LogP contribution is 2.31. The summed E-state index contributed by atoms with van der Waals surface area (Å²) in [4.78, 5) is 27.1. The van der Waals surface area contributed by atoms with Crippen LogP contribution in [0, 0.1) is 5.92 Å². The summed E-state index contributed by atoms with van der Waals surface area (Å²) >= 11 is 0. The van der Waals surface area contributed by atoms with Crippen LogP contribution in [0.2, 0.25) is 0 Å². The molecule has 2 N–H and O–H groups in total. The predicted octanol–water partition coefficient (Wildman–Crippen LogP) is 4.15. The predicted molar refractivity (Wildman–Crippen MR) is 118 cm³/mol. The van der Waals surface area contributed by atoms with E-state index in [2.05, 4.69) is 27.7 Å². The SMILES string of the molecule is CCOC(=O)C1=C(C(C)C)NC(=O)NC1c1ccc(N(C)Cc2ccccc2)cc1. The first-order chi connectivity index (χ1) is 14.4. The van der Waals surface area contributed by atoms with E-state index in [-0.39, 0.29) is 18.6 Å². The second-order valence-electron chi connectivity index (χ2n) is 7.67. The van der Waals surface area contributed by atoms with Crippen molar-refractivity contribution < 1.29 is 14.3 Å². The molecular formula is C24H29N3O3. The highest BCUT2D eigenvalue weighted by molar-refractivity contribution is 5.95. The van der Waals surface area contributed by atoms with E-state index in [4.69, 9.17) is 4.74 Å². The molecule has 1 atom stereocenters. The fraction of sp³-hybridized carbons (Fsp3) is 0.333. The Kier molecular flexibility index (Phi) is 6.77. The Bertz CT molecular complexity index is 920. The third-order valence-electron chi connectivity index (χ3n) is 5.10. The zero-order valence-corrected chi connectivity index (χ0v) is 17.9. The van der Waals surface area contributed by atoms with Crippen LogP contribution in [0.15, 0.2) is 65.9 Å². The number of hydrogen-bond acceptors (Lipinski definition) is 4. The number of rotatable bonds is 7. The number of nitrogens with zero attached hydrogens (tertiary/aromatic N) is 1. The second-order valence-corrected chi connectivity index (χ2v) is 7.67. The normalized spacial score (nSPS) is 16.2. The minimum absolute atomic E-state index is 0.0192. The lowest BCUT2D eigenvalue weighted by Gasteiger charge is -2.31. The number of benzene rings is 2. The Morgan fingerprint density at radius 2 is 1.77 bits per heavy atom. The summed E-state index contributed by atoms with van der Waals surface area (Å²) in [5.41, 5.74) is 4.17. The highest BCUT2D eigenvalue weighted by Gasteiger charge is 2.34. The molecule has 1 aliphatic heterocycles. The van der Waals surface area contributed by atoms with Crippen LogP contribution >= 0.6 is 0 Å². The molecule has 30 heavy (non-hydrogen) atoms. The van der Waals surface area contributed by atoms with Gasteiger partial charge in [-0.1, -0.05) is 56.3 Å². The van der Waals surface area contributed by atoms with Gasteiger partial charge in [0, 0.05) is 25.0 Å². The van der Waals surface area contributed by atoms with Gasteiger partial charge in [0.15, 0.2) is 0 Å². The number of allylic oxidation sites excluding steroid dienone is 1. The van der Waals surface area contributed by atoms with Gasteiger partial charge in [-0.25, -0.2) is 9.59 Å². The van der Waals surface area contributed by atoms with Crippen molar-refractivity contribution in [1.29, 1.82) is 0 Å². The summed E-state index contributed by atoms with van der Waals surface area (Å²) in [6.07, 6.45) is 0. The van der Waals surface area contributed by atoms with Gasteiger partial charge in [-0.15, -0.1) is 0 Å². The van der Waals surface area contributed by atoms with Crippen molar-refractivity contribution in [2.45, 2.75) is 33.4 Å². The molecule has 0 aliphatic carbocycles. The summed E-state index contributed by atoms with van der Waals surface area (Å²) < 4.78 is 5.28. The molecule has 0 radical (unpaired) electrons. The van der Waals surface area contributed by atoms with Gasteiger partial charge in [-0.3, -0.25) is 0 Å². The summed E-state index contributed by atoms with van der Waals surface area (Å²) in [7, 11) is 2.04. The molecule has 2 amide bonds. The molecule has 2 aromatic rings. The Labute approximate surface area is 177 Å². The zero-order chi connectivity index (χ0) is 21.7. The molecule has 3 rings (SSSR count). The van der Waals surface area contributed by atoms with Crippen LogP contribution in [-0.2, 0) is 16.1 Å². The minimum atomic E-state index is -0.552. The number of amides is 2. The highest BCUT2D eigenvalue weighted by atomic mass is 16.5.